The predicted molar refractivity (Wildman–Crippen MR) is 130 cm³/mol. The van der Waals surface area contributed by atoms with Crippen molar-refractivity contribution in [3.8, 4) is 11.5 Å². The number of anilines is 3. The van der Waals surface area contributed by atoms with Crippen LogP contribution in [-0.4, -0.2) is 37.3 Å². The lowest BCUT2D eigenvalue weighted by atomic mass is 10.1. The van der Waals surface area contributed by atoms with Crippen molar-refractivity contribution >= 4 is 40.7 Å². The maximum atomic E-state index is 13.1. The summed E-state index contributed by atoms with van der Waals surface area (Å²) in [5.41, 5.74) is 1.63. The number of amides is 4. The smallest absolute Gasteiger partial charge is 0.266 e. The maximum Gasteiger partial charge on any atom is 0.266 e. The van der Waals surface area contributed by atoms with Gasteiger partial charge in [-0.25, -0.2) is 4.90 Å². The molecular weight excluding hydrogens is 450 g/mol. The molecule has 1 heterocycles. The fourth-order valence-electron chi connectivity index (χ4n) is 3.72. The van der Waals surface area contributed by atoms with Gasteiger partial charge in [0, 0.05) is 18.6 Å². The summed E-state index contributed by atoms with van der Waals surface area (Å²) < 4.78 is 10.6. The Kier molecular flexibility index (Phi) is 6.50. The Morgan fingerprint density at radius 3 is 2.17 bits per heavy atom. The molecule has 4 amide bonds. The first-order valence-corrected chi connectivity index (χ1v) is 10.8. The standard InChI is InChI=1S/C26H23N3O6/c1-4-35-18-8-6-17(7-9-18)29-25(32)20-11-5-16(13-21(20)26(29)33)24(31)28-23-14-19(34-3)10-12-22(23)27-15(2)30/h5-14H,4H2,1-3H3,(H,27,30)(H,28,31). The second-order valence-corrected chi connectivity index (χ2v) is 7.68. The van der Waals surface area contributed by atoms with E-state index in [4.69, 9.17) is 9.47 Å². The van der Waals surface area contributed by atoms with Crippen molar-refractivity contribution in [1.29, 1.82) is 0 Å². The average molecular weight is 473 g/mol. The molecule has 4 rings (SSSR count). The molecule has 1 aliphatic rings. The number of rotatable bonds is 7. The van der Waals surface area contributed by atoms with Crippen molar-refractivity contribution in [1.82, 2.24) is 0 Å². The Balaban J connectivity index is 1.60. The third-order valence-corrected chi connectivity index (χ3v) is 5.34. The van der Waals surface area contributed by atoms with Gasteiger partial charge in [-0.15, -0.1) is 0 Å². The van der Waals surface area contributed by atoms with Crippen molar-refractivity contribution in [2.24, 2.45) is 0 Å². The van der Waals surface area contributed by atoms with Crippen LogP contribution in [0.15, 0.2) is 60.7 Å². The summed E-state index contributed by atoms with van der Waals surface area (Å²) >= 11 is 0. The van der Waals surface area contributed by atoms with E-state index in [9.17, 15) is 19.2 Å². The number of ether oxygens (including phenoxy) is 2. The maximum absolute atomic E-state index is 13.1. The Morgan fingerprint density at radius 2 is 1.51 bits per heavy atom. The van der Waals surface area contributed by atoms with E-state index < -0.39 is 17.7 Å². The molecule has 3 aromatic carbocycles. The van der Waals surface area contributed by atoms with E-state index in [-0.39, 0.29) is 22.6 Å². The predicted octanol–water partition coefficient (Wildman–Crippen LogP) is 4.11. The number of methoxy groups -OCH3 is 1. The normalized spacial score (nSPS) is 12.3. The third kappa shape index (κ3) is 4.70. The van der Waals surface area contributed by atoms with Crippen molar-refractivity contribution in [3.63, 3.8) is 0 Å². The van der Waals surface area contributed by atoms with Gasteiger partial charge in [-0.2, -0.15) is 0 Å². The molecule has 0 unspecified atom stereocenters. The van der Waals surface area contributed by atoms with Gasteiger partial charge >= 0.3 is 0 Å². The van der Waals surface area contributed by atoms with E-state index in [1.807, 2.05) is 6.92 Å². The quantitative estimate of drug-likeness (QED) is 0.500. The Labute approximate surface area is 201 Å². The lowest BCUT2D eigenvalue weighted by molar-refractivity contribution is -0.114. The Hall–Kier alpha value is -4.66. The van der Waals surface area contributed by atoms with Crippen LogP contribution in [0.2, 0.25) is 0 Å². The average Bonchev–Trinajstić information content (AvgIpc) is 3.10. The van der Waals surface area contributed by atoms with Crippen LogP contribution in [0.4, 0.5) is 17.1 Å². The number of hydrogen-bond acceptors (Lipinski definition) is 6. The molecule has 0 radical (unpaired) electrons. The molecule has 0 saturated carbocycles. The molecular formula is C26H23N3O6. The van der Waals surface area contributed by atoms with E-state index in [2.05, 4.69) is 10.6 Å². The van der Waals surface area contributed by atoms with E-state index >= 15 is 0 Å². The van der Waals surface area contributed by atoms with Crippen LogP contribution in [0.5, 0.6) is 11.5 Å². The second kappa shape index (κ2) is 9.68. The van der Waals surface area contributed by atoms with Gasteiger partial charge in [-0.05, 0) is 61.5 Å². The van der Waals surface area contributed by atoms with E-state index in [1.54, 1.807) is 42.5 Å². The number of nitrogens with one attached hydrogen (secondary N) is 2. The minimum atomic E-state index is -0.524. The SMILES string of the molecule is CCOc1ccc(N2C(=O)c3ccc(C(=O)Nc4cc(OC)ccc4NC(C)=O)cc3C2=O)cc1. The zero-order valence-corrected chi connectivity index (χ0v) is 19.4. The van der Waals surface area contributed by atoms with Crippen LogP contribution >= 0.6 is 0 Å². The summed E-state index contributed by atoms with van der Waals surface area (Å²) in [5.74, 6) is -0.710. The van der Waals surface area contributed by atoms with Gasteiger partial charge in [0.05, 0.1) is 41.9 Å². The summed E-state index contributed by atoms with van der Waals surface area (Å²) in [7, 11) is 1.48. The zero-order chi connectivity index (χ0) is 25.1. The highest BCUT2D eigenvalue weighted by molar-refractivity contribution is 6.34. The molecule has 1 aliphatic heterocycles. The summed E-state index contributed by atoms with van der Waals surface area (Å²) in [6.07, 6.45) is 0. The molecule has 9 heteroatoms. The van der Waals surface area contributed by atoms with Gasteiger partial charge in [0.2, 0.25) is 5.91 Å². The molecule has 178 valence electrons. The van der Waals surface area contributed by atoms with E-state index in [0.29, 0.717) is 35.2 Å². The molecule has 35 heavy (non-hydrogen) atoms. The molecule has 0 bridgehead atoms. The van der Waals surface area contributed by atoms with Crippen molar-refractivity contribution in [3.05, 3.63) is 77.4 Å². The van der Waals surface area contributed by atoms with Crippen LogP contribution < -0.4 is 25.0 Å². The van der Waals surface area contributed by atoms with Crippen LogP contribution in [0.25, 0.3) is 0 Å². The van der Waals surface area contributed by atoms with Gasteiger partial charge in [0.1, 0.15) is 11.5 Å². The number of hydrogen-bond donors (Lipinski definition) is 2. The largest absolute Gasteiger partial charge is 0.497 e. The lowest BCUT2D eigenvalue weighted by Crippen LogP contribution is -2.29. The Bertz CT molecular complexity index is 1330. The number of benzene rings is 3. The fourth-order valence-corrected chi connectivity index (χ4v) is 3.72. The summed E-state index contributed by atoms with van der Waals surface area (Å²) in [4.78, 5) is 51.6. The molecule has 0 aliphatic carbocycles. The second-order valence-electron chi connectivity index (χ2n) is 7.68. The highest BCUT2D eigenvalue weighted by atomic mass is 16.5. The van der Waals surface area contributed by atoms with Crippen molar-refractivity contribution in [2.75, 3.05) is 29.3 Å². The first-order valence-electron chi connectivity index (χ1n) is 10.8. The van der Waals surface area contributed by atoms with Crippen LogP contribution in [0, 0.1) is 0 Å². The van der Waals surface area contributed by atoms with Gasteiger partial charge < -0.3 is 20.1 Å². The third-order valence-electron chi connectivity index (χ3n) is 5.34. The minimum Gasteiger partial charge on any atom is -0.497 e. The Morgan fingerprint density at radius 1 is 0.829 bits per heavy atom. The first kappa shape index (κ1) is 23.5. The zero-order valence-electron chi connectivity index (χ0n) is 19.4. The molecule has 0 aromatic heterocycles. The molecule has 0 spiro atoms. The van der Waals surface area contributed by atoms with Gasteiger partial charge in [-0.3, -0.25) is 19.2 Å². The molecule has 3 aromatic rings. The van der Waals surface area contributed by atoms with Crippen molar-refractivity contribution in [2.45, 2.75) is 13.8 Å². The summed E-state index contributed by atoms with van der Waals surface area (Å²) in [5, 5.41) is 5.38. The number of carbonyl (C=O) groups is 4. The monoisotopic (exact) mass is 473 g/mol. The van der Waals surface area contributed by atoms with E-state index in [1.165, 1.54) is 32.2 Å². The van der Waals surface area contributed by atoms with Gasteiger partial charge in [-0.1, -0.05) is 0 Å². The van der Waals surface area contributed by atoms with Gasteiger partial charge in [0.15, 0.2) is 0 Å². The molecule has 0 saturated heterocycles. The number of nitrogens with zero attached hydrogens (tertiary/aromatic N) is 1. The summed E-state index contributed by atoms with van der Waals surface area (Å²) in [6, 6.07) is 15.8. The molecule has 0 fully saturated rings. The minimum absolute atomic E-state index is 0.129. The van der Waals surface area contributed by atoms with Crippen molar-refractivity contribution < 1.29 is 28.7 Å². The topological polar surface area (TPSA) is 114 Å². The fraction of sp³-hybridized carbons (Fsp3) is 0.154. The highest BCUT2D eigenvalue weighted by Gasteiger charge is 2.37. The van der Waals surface area contributed by atoms with Crippen LogP contribution in [0.1, 0.15) is 44.9 Å². The number of carbonyl (C=O) groups excluding carboxylic acids is 4. The molecule has 9 nitrogen and oxygen atoms in total. The molecule has 2 N–H and O–H groups in total. The lowest BCUT2D eigenvalue weighted by Gasteiger charge is -2.14. The summed E-state index contributed by atoms with van der Waals surface area (Å²) in [6.45, 7) is 3.72. The van der Waals surface area contributed by atoms with Gasteiger partial charge in [0.25, 0.3) is 17.7 Å². The van der Waals surface area contributed by atoms with Crippen LogP contribution in [-0.2, 0) is 4.79 Å². The first-order chi connectivity index (χ1) is 16.8. The molecule has 0 atom stereocenters. The van der Waals surface area contributed by atoms with Crippen LogP contribution in [0.3, 0.4) is 0 Å². The number of imide groups is 1. The van der Waals surface area contributed by atoms with E-state index in [0.717, 1.165) is 4.90 Å². The number of fused-ring (bicyclic) bond motifs is 1. The highest BCUT2D eigenvalue weighted by Crippen LogP contribution is 2.31.